The molecule has 0 radical (unpaired) electrons. The van der Waals surface area contributed by atoms with Gasteiger partial charge in [-0.15, -0.1) is 0 Å². The zero-order valence-electron chi connectivity index (χ0n) is 11.4. The number of carbonyl (C=O) groups excluding carboxylic acids is 1. The van der Waals surface area contributed by atoms with Crippen LogP contribution in [-0.2, 0) is 4.74 Å². The molecule has 1 aromatic carbocycles. The van der Waals surface area contributed by atoms with Gasteiger partial charge in [0, 0.05) is 25.0 Å². The third-order valence-electron chi connectivity index (χ3n) is 2.69. The number of ether oxygens (including phenoxy) is 1. The molecule has 0 aliphatic heterocycles. The molecule has 1 amide bonds. The molecule has 6 heteroatoms. The molecule has 1 heterocycles. The fourth-order valence-corrected chi connectivity index (χ4v) is 1.73. The van der Waals surface area contributed by atoms with Crippen molar-refractivity contribution in [2.75, 3.05) is 25.5 Å². The predicted molar refractivity (Wildman–Crippen MR) is 76.8 cm³/mol. The molecule has 0 unspecified atom stereocenters. The van der Waals surface area contributed by atoms with Crippen LogP contribution in [-0.4, -0.2) is 35.4 Å². The van der Waals surface area contributed by atoms with Crippen LogP contribution in [0.25, 0.3) is 5.69 Å². The summed E-state index contributed by atoms with van der Waals surface area (Å²) in [5, 5.41) is 6.97. The van der Waals surface area contributed by atoms with E-state index in [2.05, 4.69) is 10.4 Å². The summed E-state index contributed by atoms with van der Waals surface area (Å²) in [6.45, 7) is 3.52. The standard InChI is InChI=1S/C14H18N4O2/c1-2-20-9-7-16-14(19)13-6-8-18(17-13)12-5-3-4-11(15)10-12/h3-6,8,10H,2,7,9,15H2,1H3,(H,16,19). The van der Waals surface area contributed by atoms with Crippen LogP contribution in [0, 0.1) is 0 Å². The molecule has 3 N–H and O–H groups in total. The Hall–Kier alpha value is -2.34. The molecular formula is C14H18N4O2. The fourth-order valence-electron chi connectivity index (χ4n) is 1.73. The van der Waals surface area contributed by atoms with Crippen LogP contribution in [0.1, 0.15) is 17.4 Å². The van der Waals surface area contributed by atoms with Crippen LogP contribution in [0.3, 0.4) is 0 Å². The van der Waals surface area contributed by atoms with Crippen LogP contribution in [0.5, 0.6) is 0 Å². The highest BCUT2D eigenvalue weighted by molar-refractivity contribution is 5.92. The Labute approximate surface area is 117 Å². The second-order valence-electron chi connectivity index (χ2n) is 4.19. The molecule has 6 nitrogen and oxygen atoms in total. The molecule has 1 aromatic heterocycles. The highest BCUT2D eigenvalue weighted by Gasteiger charge is 2.09. The van der Waals surface area contributed by atoms with Gasteiger partial charge in [-0.3, -0.25) is 4.79 Å². The number of hydrogen-bond donors (Lipinski definition) is 2. The van der Waals surface area contributed by atoms with Crippen LogP contribution < -0.4 is 11.1 Å². The van der Waals surface area contributed by atoms with E-state index in [9.17, 15) is 4.79 Å². The number of nitrogen functional groups attached to an aromatic ring is 1. The molecule has 0 bridgehead atoms. The Morgan fingerprint density at radius 3 is 3.05 bits per heavy atom. The summed E-state index contributed by atoms with van der Waals surface area (Å²) in [6.07, 6.45) is 1.73. The van der Waals surface area contributed by atoms with E-state index in [0.29, 0.717) is 31.1 Å². The summed E-state index contributed by atoms with van der Waals surface area (Å²) in [5.74, 6) is -0.215. The molecule has 2 rings (SSSR count). The van der Waals surface area contributed by atoms with E-state index in [1.807, 2.05) is 19.1 Å². The van der Waals surface area contributed by atoms with Crippen LogP contribution >= 0.6 is 0 Å². The van der Waals surface area contributed by atoms with Gasteiger partial charge in [0.1, 0.15) is 0 Å². The topological polar surface area (TPSA) is 82.2 Å². The Bertz CT molecular complexity index is 580. The molecule has 106 valence electrons. The molecule has 0 spiro atoms. The Kier molecular flexibility index (Phi) is 4.73. The van der Waals surface area contributed by atoms with E-state index >= 15 is 0 Å². The number of nitrogens with zero attached hydrogens (tertiary/aromatic N) is 2. The van der Waals surface area contributed by atoms with Crippen molar-refractivity contribution in [3.05, 3.63) is 42.2 Å². The van der Waals surface area contributed by atoms with Gasteiger partial charge in [0.05, 0.1) is 12.3 Å². The van der Waals surface area contributed by atoms with Gasteiger partial charge in [0.15, 0.2) is 5.69 Å². The first-order valence-electron chi connectivity index (χ1n) is 6.48. The third-order valence-corrected chi connectivity index (χ3v) is 2.69. The second-order valence-corrected chi connectivity index (χ2v) is 4.19. The number of rotatable bonds is 6. The number of carbonyl (C=O) groups is 1. The number of benzene rings is 1. The van der Waals surface area contributed by atoms with Gasteiger partial charge in [0.25, 0.3) is 5.91 Å². The monoisotopic (exact) mass is 274 g/mol. The predicted octanol–water partition coefficient (Wildman–Crippen LogP) is 1.22. The van der Waals surface area contributed by atoms with Gasteiger partial charge in [-0.05, 0) is 31.2 Å². The minimum Gasteiger partial charge on any atom is -0.399 e. The fraction of sp³-hybridized carbons (Fsp3) is 0.286. The lowest BCUT2D eigenvalue weighted by atomic mass is 10.3. The van der Waals surface area contributed by atoms with Gasteiger partial charge < -0.3 is 15.8 Å². The van der Waals surface area contributed by atoms with Gasteiger partial charge in [-0.2, -0.15) is 5.10 Å². The van der Waals surface area contributed by atoms with Gasteiger partial charge in [-0.25, -0.2) is 4.68 Å². The van der Waals surface area contributed by atoms with Crippen molar-refractivity contribution < 1.29 is 9.53 Å². The first-order valence-corrected chi connectivity index (χ1v) is 6.48. The molecule has 2 aromatic rings. The number of aromatic nitrogens is 2. The molecule has 0 saturated heterocycles. The number of nitrogens with one attached hydrogen (secondary N) is 1. The van der Waals surface area contributed by atoms with Crippen LogP contribution in [0.4, 0.5) is 5.69 Å². The zero-order valence-corrected chi connectivity index (χ0v) is 11.4. The summed E-state index contributed by atoms with van der Waals surface area (Å²) in [5.41, 5.74) is 7.56. The summed E-state index contributed by atoms with van der Waals surface area (Å²) >= 11 is 0. The van der Waals surface area contributed by atoms with E-state index in [1.165, 1.54) is 0 Å². The lowest BCUT2D eigenvalue weighted by Gasteiger charge is -2.04. The normalized spacial score (nSPS) is 10.4. The van der Waals surface area contributed by atoms with Gasteiger partial charge in [0.2, 0.25) is 0 Å². The molecular weight excluding hydrogens is 256 g/mol. The van der Waals surface area contributed by atoms with Crippen molar-refractivity contribution in [2.24, 2.45) is 0 Å². The molecule has 0 aliphatic rings. The number of nitrogens with two attached hydrogens (primary N) is 1. The first kappa shape index (κ1) is 14.1. The maximum Gasteiger partial charge on any atom is 0.271 e. The smallest absolute Gasteiger partial charge is 0.271 e. The van der Waals surface area contributed by atoms with E-state index in [4.69, 9.17) is 10.5 Å². The summed E-state index contributed by atoms with van der Waals surface area (Å²) in [7, 11) is 0. The SMILES string of the molecule is CCOCCNC(=O)c1ccn(-c2cccc(N)c2)n1. The van der Waals surface area contributed by atoms with Gasteiger partial charge >= 0.3 is 0 Å². The van der Waals surface area contributed by atoms with Crippen molar-refractivity contribution in [1.29, 1.82) is 0 Å². The van der Waals surface area contributed by atoms with Crippen molar-refractivity contribution in [3.63, 3.8) is 0 Å². The maximum atomic E-state index is 11.9. The maximum absolute atomic E-state index is 11.9. The Morgan fingerprint density at radius 1 is 1.45 bits per heavy atom. The summed E-state index contributed by atoms with van der Waals surface area (Å²) < 4.78 is 6.77. The zero-order chi connectivity index (χ0) is 14.4. The van der Waals surface area contributed by atoms with E-state index < -0.39 is 0 Å². The van der Waals surface area contributed by atoms with Crippen molar-refractivity contribution in [3.8, 4) is 5.69 Å². The molecule has 0 aliphatic carbocycles. The quantitative estimate of drug-likeness (QED) is 0.613. The first-order chi connectivity index (χ1) is 9.70. The van der Waals surface area contributed by atoms with Crippen molar-refractivity contribution >= 4 is 11.6 Å². The van der Waals surface area contributed by atoms with E-state index in [1.54, 1.807) is 29.1 Å². The lowest BCUT2D eigenvalue weighted by molar-refractivity contribution is 0.0917. The van der Waals surface area contributed by atoms with Gasteiger partial charge in [-0.1, -0.05) is 6.07 Å². The molecule has 0 fully saturated rings. The third kappa shape index (κ3) is 3.58. The molecule has 0 saturated carbocycles. The van der Waals surface area contributed by atoms with E-state index in [-0.39, 0.29) is 5.91 Å². The summed E-state index contributed by atoms with van der Waals surface area (Å²) in [6, 6.07) is 8.98. The Morgan fingerprint density at radius 2 is 2.30 bits per heavy atom. The molecule has 0 atom stereocenters. The second kappa shape index (κ2) is 6.72. The van der Waals surface area contributed by atoms with E-state index in [0.717, 1.165) is 5.69 Å². The number of anilines is 1. The van der Waals surface area contributed by atoms with Crippen LogP contribution in [0.15, 0.2) is 36.5 Å². The molecule has 20 heavy (non-hydrogen) atoms. The highest BCUT2D eigenvalue weighted by atomic mass is 16.5. The average molecular weight is 274 g/mol. The lowest BCUT2D eigenvalue weighted by Crippen LogP contribution is -2.27. The van der Waals surface area contributed by atoms with Crippen molar-refractivity contribution in [1.82, 2.24) is 15.1 Å². The Balaban J connectivity index is 2.00. The van der Waals surface area contributed by atoms with Crippen molar-refractivity contribution in [2.45, 2.75) is 6.92 Å². The highest BCUT2D eigenvalue weighted by Crippen LogP contribution is 2.11. The van der Waals surface area contributed by atoms with Crippen LogP contribution in [0.2, 0.25) is 0 Å². The number of amides is 1. The number of hydrogen-bond acceptors (Lipinski definition) is 4. The minimum atomic E-state index is -0.215. The summed E-state index contributed by atoms with van der Waals surface area (Å²) in [4.78, 5) is 11.9. The minimum absolute atomic E-state index is 0.215. The average Bonchev–Trinajstić information content (AvgIpc) is 2.93. The largest absolute Gasteiger partial charge is 0.399 e.